The first-order valence-corrected chi connectivity index (χ1v) is 8.25. The van der Waals surface area contributed by atoms with Gasteiger partial charge in [-0.15, -0.1) is 0 Å². The summed E-state index contributed by atoms with van der Waals surface area (Å²) < 4.78 is 16.9. The average Bonchev–Trinajstić information content (AvgIpc) is 3.26. The summed E-state index contributed by atoms with van der Waals surface area (Å²) in [4.78, 5) is 17.2. The third-order valence-corrected chi connectivity index (χ3v) is 3.97. The van der Waals surface area contributed by atoms with Crippen molar-refractivity contribution in [2.45, 2.75) is 26.6 Å². The predicted octanol–water partition coefficient (Wildman–Crippen LogP) is 2.24. The molecule has 0 spiro atoms. The summed E-state index contributed by atoms with van der Waals surface area (Å²) >= 11 is 0. The highest BCUT2D eigenvalue weighted by Gasteiger charge is 2.10. The van der Waals surface area contributed by atoms with Crippen LogP contribution in [-0.4, -0.2) is 34.3 Å². The van der Waals surface area contributed by atoms with Crippen LogP contribution in [0.15, 0.2) is 43.2 Å². The molecule has 4 rings (SSSR count). The number of aryl methyl sites for hydroxylation is 1. The molecule has 0 saturated heterocycles. The van der Waals surface area contributed by atoms with Gasteiger partial charge in [-0.05, 0) is 24.6 Å². The topological polar surface area (TPSA) is 86.3 Å². The van der Waals surface area contributed by atoms with Crippen LogP contribution in [0.25, 0.3) is 11.2 Å². The monoisotopic (exact) mass is 352 g/mol. The number of anilines is 1. The average molecular weight is 352 g/mol. The summed E-state index contributed by atoms with van der Waals surface area (Å²) in [7, 11) is 0. The molecule has 4 aromatic rings. The van der Waals surface area contributed by atoms with Crippen molar-refractivity contribution in [3.8, 4) is 0 Å². The Balaban J connectivity index is 1.46. The molecule has 3 heterocycles. The SMILES string of the molecule is CCn1cnc2c(NCc3ncn(Cc4cccc(F)c4)n3)ncnc21. The van der Waals surface area contributed by atoms with E-state index in [0.717, 1.165) is 17.8 Å². The number of aromatic nitrogens is 7. The van der Waals surface area contributed by atoms with Crippen molar-refractivity contribution in [1.82, 2.24) is 34.3 Å². The lowest BCUT2D eigenvalue weighted by Crippen LogP contribution is -2.06. The van der Waals surface area contributed by atoms with Gasteiger partial charge in [-0.1, -0.05) is 12.1 Å². The highest BCUT2D eigenvalue weighted by molar-refractivity contribution is 5.82. The molecule has 1 aromatic carbocycles. The van der Waals surface area contributed by atoms with E-state index >= 15 is 0 Å². The van der Waals surface area contributed by atoms with Crippen molar-refractivity contribution in [2.24, 2.45) is 0 Å². The van der Waals surface area contributed by atoms with Crippen molar-refractivity contribution < 1.29 is 4.39 Å². The molecule has 3 aromatic heterocycles. The fourth-order valence-corrected chi connectivity index (χ4v) is 2.72. The molecule has 132 valence electrons. The summed E-state index contributed by atoms with van der Waals surface area (Å²) in [6, 6.07) is 6.44. The Bertz CT molecular complexity index is 1040. The van der Waals surface area contributed by atoms with Gasteiger partial charge < -0.3 is 9.88 Å². The minimum absolute atomic E-state index is 0.260. The lowest BCUT2D eigenvalue weighted by molar-refractivity contribution is 0.618. The highest BCUT2D eigenvalue weighted by atomic mass is 19.1. The second-order valence-electron chi connectivity index (χ2n) is 5.77. The minimum Gasteiger partial charge on any atom is -0.361 e. The van der Waals surface area contributed by atoms with Gasteiger partial charge in [0.15, 0.2) is 17.3 Å². The number of hydrogen-bond donors (Lipinski definition) is 1. The Morgan fingerprint density at radius 2 is 2.04 bits per heavy atom. The Morgan fingerprint density at radius 1 is 1.12 bits per heavy atom. The summed E-state index contributed by atoms with van der Waals surface area (Å²) in [5.74, 6) is 0.996. The Labute approximate surface area is 148 Å². The van der Waals surface area contributed by atoms with Crippen molar-refractivity contribution in [3.63, 3.8) is 0 Å². The fraction of sp³-hybridized carbons (Fsp3) is 0.235. The van der Waals surface area contributed by atoms with E-state index in [1.807, 2.05) is 17.6 Å². The molecule has 26 heavy (non-hydrogen) atoms. The molecule has 8 nitrogen and oxygen atoms in total. The van der Waals surface area contributed by atoms with Crippen LogP contribution >= 0.6 is 0 Å². The van der Waals surface area contributed by atoms with Gasteiger partial charge in [-0.3, -0.25) is 0 Å². The van der Waals surface area contributed by atoms with E-state index in [9.17, 15) is 4.39 Å². The van der Waals surface area contributed by atoms with Gasteiger partial charge in [0.1, 0.15) is 24.0 Å². The van der Waals surface area contributed by atoms with E-state index in [1.165, 1.54) is 18.5 Å². The fourth-order valence-electron chi connectivity index (χ4n) is 2.72. The van der Waals surface area contributed by atoms with Gasteiger partial charge in [0.25, 0.3) is 0 Å². The minimum atomic E-state index is -0.260. The summed E-state index contributed by atoms with van der Waals surface area (Å²) in [6.45, 7) is 3.69. The lowest BCUT2D eigenvalue weighted by Gasteiger charge is -2.04. The van der Waals surface area contributed by atoms with E-state index < -0.39 is 0 Å². The molecule has 0 aliphatic rings. The molecular formula is C17H17FN8. The van der Waals surface area contributed by atoms with Gasteiger partial charge in [0.2, 0.25) is 0 Å². The third-order valence-electron chi connectivity index (χ3n) is 3.97. The maximum Gasteiger partial charge on any atom is 0.169 e. The standard InChI is InChI=1S/C17H17FN8/c1-2-25-10-23-15-16(20-9-21-17(15)25)19-7-14-22-11-26(24-14)8-12-4-3-5-13(18)6-12/h3-6,9-11H,2,7-8H2,1H3,(H,19,20,21). The molecular weight excluding hydrogens is 335 g/mol. The highest BCUT2D eigenvalue weighted by Crippen LogP contribution is 2.17. The van der Waals surface area contributed by atoms with Gasteiger partial charge in [-0.2, -0.15) is 5.10 Å². The molecule has 0 atom stereocenters. The maximum absolute atomic E-state index is 13.3. The molecule has 0 saturated carbocycles. The number of hydrogen-bond acceptors (Lipinski definition) is 6. The van der Waals surface area contributed by atoms with Crippen LogP contribution in [0.4, 0.5) is 10.2 Å². The number of nitrogens with zero attached hydrogens (tertiary/aromatic N) is 7. The van der Waals surface area contributed by atoms with Crippen molar-refractivity contribution in [1.29, 1.82) is 0 Å². The molecule has 0 aliphatic carbocycles. The lowest BCUT2D eigenvalue weighted by atomic mass is 10.2. The van der Waals surface area contributed by atoms with E-state index in [1.54, 1.807) is 23.4 Å². The van der Waals surface area contributed by atoms with Gasteiger partial charge in [0, 0.05) is 6.54 Å². The summed E-state index contributed by atoms with van der Waals surface area (Å²) in [5, 5.41) is 7.61. The van der Waals surface area contributed by atoms with Crippen LogP contribution < -0.4 is 5.32 Å². The second-order valence-corrected chi connectivity index (χ2v) is 5.77. The number of rotatable bonds is 6. The molecule has 0 bridgehead atoms. The molecule has 1 N–H and O–H groups in total. The molecule has 0 fully saturated rings. The van der Waals surface area contributed by atoms with Crippen LogP contribution in [0.5, 0.6) is 0 Å². The maximum atomic E-state index is 13.3. The first-order valence-electron chi connectivity index (χ1n) is 8.25. The number of fused-ring (bicyclic) bond motifs is 1. The second kappa shape index (κ2) is 6.87. The zero-order valence-electron chi connectivity index (χ0n) is 14.2. The van der Waals surface area contributed by atoms with Crippen molar-refractivity contribution in [3.05, 3.63) is 60.5 Å². The zero-order valence-corrected chi connectivity index (χ0v) is 14.2. The van der Waals surface area contributed by atoms with Crippen LogP contribution in [0.3, 0.4) is 0 Å². The first kappa shape index (κ1) is 16.1. The van der Waals surface area contributed by atoms with Gasteiger partial charge >= 0.3 is 0 Å². The van der Waals surface area contributed by atoms with E-state index in [4.69, 9.17) is 0 Å². The molecule has 0 amide bonds. The summed E-state index contributed by atoms with van der Waals surface area (Å²) in [6.07, 6.45) is 4.88. The Morgan fingerprint density at radius 3 is 2.88 bits per heavy atom. The Kier molecular flexibility index (Phi) is 4.26. The van der Waals surface area contributed by atoms with E-state index in [2.05, 4.69) is 30.4 Å². The van der Waals surface area contributed by atoms with E-state index in [0.29, 0.717) is 30.2 Å². The van der Waals surface area contributed by atoms with Crippen LogP contribution in [0.2, 0.25) is 0 Å². The van der Waals surface area contributed by atoms with Crippen molar-refractivity contribution >= 4 is 17.0 Å². The van der Waals surface area contributed by atoms with Crippen LogP contribution in [0, 0.1) is 5.82 Å². The number of nitrogens with one attached hydrogen (secondary N) is 1. The normalized spacial score (nSPS) is 11.2. The molecule has 0 aliphatic heterocycles. The smallest absolute Gasteiger partial charge is 0.169 e. The van der Waals surface area contributed by atoms with Crippen LogP contribution in [0.1, 0.15) is 18.3 Å². The van der Waals surface area contributed by atoms with Crippen LogP contribution in [-0.2, 0) is 19.6 Å². The molecule has 9 heteroatoms. The zero-order chi connectivity index (χ0) is 17.9. The van der Waals surface area contributed by atoms with Gasteiger partial charge in [-0.25, -0.2) is 29.0 Å². The predicted molar refractivity (Wildman–Crippen MR) is 93.8 cm³/mol. The third kappa shape index (κ3) is 3.23. The molecule has 0 radical (unpaired) electrons. The number of halogens is 1. The largest absolute Gasteiger partial charge is 0.361 e. The number of benzene rings is 1. The van der Waals surface area contributed by atoms with Crippen molar-refractivity contribution in [2.75, 3.05) is 5.32 Å². The quantitative estimate of drug-likeness (QED) is 0.573. The molecule has 0 unspecified atom stereocenters. The first-order chi connectivity index (χ1) is 12.7. The van der Waals surface area contributed by atoms with Gasteiger partial charge in [0.05, 0.1) is 19.4 Å². The van der Waals surface area contributed by atoms with E-state index in [-0.39, 0.29) is 5.82 Å². The number of imidazole rings is 1. The Hall–Kier alpha value is -3.36. The summed E-state index contributed by atoms with van der Waals surface area (Å²) in [5.41, 5.74) is 2.33.